The maximum atomic E-state index is 9.82. The maximum Gasteiger partial charge on any atom is 0.191 e. The summed E-state index contributed by atoms with van der Waals surface area (Å²) in [6, 6.07) is 5.12. The average molecular weight is 277 g/mol. The molecule has 1 atom stereocenters. The lowest BCUT2D eigenvalue weighted by atomic mass is 10.0. The van der Waals surface area contributed by atoms with Crippen molar-refractivity contribution in [3.63, 3.8) is 0 Å². The molecule has 0 aromatic heterocycles. The minimum absolute atomic E-state index is 0.217. The molecule has 1 fully saturated rings. The number of nitrogens with two attached hydrogens (primary N) is 1. The van der Waals surface area contributed by atoms with Crippen molar-refractivity contribution in [2.75, 3.05) is 20.2 Å². The van der Waals surface area contributed by atoms with Crippen LogP contribution in [-0.4, -0.2) is 36.2 Å². The number of aromatic hydroxyl groups is 1. The molecule has 1 aromatic carbocycles. The number of hydrogen-bond donors (Lipinski definition) is 2. The van der Waals surface area contributed by atoms with Crippen LogP contribution in [0.1, 0.15) is 25.3 Å². The lowest BCUT2D eigenvalue weighted by molar-refractivity contribution is 0.270. The Labute approximate surface area is 120 Å². The van der Waals surface area contributed by atoms with Crippen LogP contribution < -0.4 is 10.5 Å². The molecule has 0 spiro atoms. The van der Waals surface area contributed by atoms with E-state index in [1.165, 1.54) is 6.42 Å². The summed E-state index contributed by atoms with van der Waals surface area (Å²) in [6.45, 7) is 4.51. The van der Waals surface area contributed by atoms with Gasteiger partial charge in [0.05, 0.1) is 13.7 Å². The zero-order chi connectivity index (χ0) is 14.5. The second-order valence-electron chi connectivity index (χ2n) is 5.36. The Balaban J connectivity index is 2.04. The number of hydrogen-bond acceptors (Lipinski definition) is 3. The van der Waals surface area contributed by atoms with Crippen LogP contribution >= 0.6 is 0 Å². The van der Waals surface area contributed by atoms with Gasteiger partial charge in [0, 0.05) is 18.7 Å². The highest BCUT2D eigenvalue weighted by Crippen LogP contribution is 2.23. The van der Waals surface area contributed by atoms with Gasteiger partial charge in [0.1, 0.15) is 11.5 Å². The number of likely N-dealkylation sites (tertiary alicyclic amines) is 1. The van der Waals surface area contributed by atoms with Crippen molar-refractivity contribution < 1.29 is 9.84 Å². The summed E-state index contributed by atoms with van der Waals surface area (Å²) in [5.74, 6) is 2.13. The largest absolute Gasteiger partial charge is 0.508 e. The number of phenols is 1. The van der Waals surface area contributed by atoms with Gasteiger partial charge >= 0.3 is 0 Å². The van der Waals surface area contributed by atoms with E-state index in [2.05, 4.69) is 16.8 Å². The Morgan fingerprint density at radius 2 is 2.35 bits per heavy atom. The number of rotatable bonds is 3. The first-order valence-electron chi connectivity index (χ1n) is 7.01. The van der Waals surface area contributed by atoms with Gasteiger partial charge in [0.25, 0.3) is 0 Å². The maximum absolute atomic E-state index is 9.82. The molecule has 1 unspecified atom stereocenters. The predicted molar refractivity (Wildman–Crippen MR) is 80.0 cm³/mol. The number of benzene rings is 1. The first-order valence-corrected chi connectivity index (χ1v) is 7.01. The summed E-state index contributed by atoms with van der Waals surface area (Å²) in [4.78, 5) is 6.51. The zero-order valence-corrected chi connectivity index (χ0v) is 12.2. The molecule has 0 saturated carbocycles. The molecule has 3 N–H and O–H groups in total. The second-order valence-corrected chi connectivity index (χ2v) is 5.36. The minimum Gasteiger partial charge on any atom is -0.508 e. The highest BCUT2D eigenvalue weighted by atomic mass is 16.5. The van der Waals surface area contributed by atoms with E-state index in [4.69, 9.17) is 10.5 Å². The van der Waals surface area contributed by atoms with Crippen LogP contribution in [0.5, 0.6) is 11.5 Å². The molecule has 5 heteroatoms. The summed E-state index contributed by atoms with van der Waals surface area (Å²) in [7, 11) is 1.60. The van der Waals surface area contributed by atoms with E-state index in [1.807, 2.05) is 0 Å². The molecule has 2 rings (SSSR count). The first kappa shape index (κ1) is 14.5. The van der Waals surface area contributed by atoms with Gasteiger partial charge < -0.3 is 20.5 Å². The Bertz CT molecular complexity index is 488. The Morgan fingerprint density at radius 3 is 3.05 bits per heavy atom. The van der Waals surface area contributed by atoms with Crippen LogP contribution in [-0.2, 0) is 6.54 Å². The van der Waals surface area contributed by atoms with Crippen molar-refractivity contribution in [3.05, 3.63) is 23.8 Å². The lowest BCUT2D eigenvalue weighted by Crippen LogP contribution is -2.43. The number of piperidine rings is 1. The number of guanidine groups is 1. The molecular weight excluding hydrogens is 254 g/mol. The number of phenolic OH excluding ortho intramolecular Hbond substituents is 1. The third-order valence-corrected chi connectivity index (χ3v) is 3.68. The molecule has 5 nitrogen and oxygen atoms in total. The molecule has 0 bridgehead atoms. The van der Waals surface area contributed by atoms with Crippen LogP contribution in [0, 0.1) is 5.92 Å². The second kappa shape index (κ2) is 6.50. The lowest BCUT2D eigenvalue weighted by Gasteiger charge is -2.31. The summed E-state index contributed by atoms with van der Waals surface area (Å²) in [5.41, 5.74) is 6.76. The normalized spacial score (nSPS) is 20.0. The van der Waals surface area contributed by atoms with Gasteiger partial charge in [-0.15, -0.1) is 0 Å². The molecule has 1 aromatic rings. The highest BCUT2D eigenvalue weighted by Gasteiger charge is 2.17. The van der Waals surface area contributed by atoms with E-state index in [1.54, 1.807) is 25.3 Å². The number of aliphatic imine (C=N–C) groups is 1. The molecule has 1 heterocycles. The van der Waals surface area contributed by atoms with Gasteiger partial charge in [-0.1, -0.05) is 6.92 Å². The Hall–Kier alpha value is -1.91. The van der Waals surface area contributed by atoms with Gasteiger partial charge in [-0.2, -0.15) is 0 Å². The fraction of sp³-hybridized carbons (Fsp3) is 0.533. The van der Waals surface area contributed by atoms with E-state index in [0.29, 0.717) is 24.2 Å². The average Bonchev–Trinajstić information content (AvgIpc) is 2.46. The van der Waals surface area contributed by atoms with Crippen LogP contribution in [0.4, 0.5) is 0 Å². The quantitative estimate of drug-likeness (QED) is 0.654. The SMILES string of the molecule is COc1ccc(O)c(CN=C(N)N2CCCC(C)C2)c1. The van der Waals surface area contributed by atoms with E-state index >= 15 is 0 Å². The standard InChI is InChI=1S/C15H23N3O2/c1-11-4-3-7-18(10-11)15(16)17-9-12-8-13(20-2)5-6-14(12)19/h5-6,8,11,19H,3-4,7,9-10H2,1-2H3,(H2,16,17). The third kappa shape index (κ3) is 3.56. The number of ether oxygens (including phenoxy) is 1. The Morgan fingerprint density at radius 1 is 1.55 bits per heavy atom. The third-order valence-electron chi connectivity index (χ3n) is 3.68. The van der Waals surface area contributed by atoms with Crippen molar-refractivity contribution in [1.29, 1.82) is 0 Å². The van der Waals surface area contributed by atoms with Gasteiger partial charge in [0.2, 0.25) is 0 Å². The summed E-state index contributed by atoms with van der Waals surface area (Å²) in [5, 5.41) is 9.82. The molecule has 0 amide bonds. The molecule has 1 aliphatic rings. The smallest absolute Gasteiger partial charge is 0.191 e. The minimum atomic E-state index is 0.217. The van der Waals surface area contributed by atoms with Gasteiger partial charge in [-0.05, 0) is 37.0 Å². The zero-order valence-electron chi connectivity index (χ0n) is 12.2. The van der Waals surface area contributed by atoms with Crippen molar-refractivity contribution in [3.8, 4) is 11.5 Å². The van der Waals surface area contributed by atoms with Crippen LogP contribution in [0.25, 0.3) is 0 Å². The fourth-order valence-electron chi connectivity index (χ4n) is 2.48. The molecule has 1 saturated heterocycles. The van der Waals surface area contributed by atoms with E-state index < -0.39 is 0 Å². The summed E-state index contributed by atoms with van der Waals surface area (Å²) in [6.07, 6.45) is 2.41. The van der Waals surface area contributed by atoms with Gasteiger partial charge in [-0.3, -0.25) is 0 Å². The van der Waals surface area contributed by atoms with Crippen LogP contribution in [0.2, 0.25) is 0 Å². The molecule has 20 heavy (non-hydrogen) atoms. The monoisotopic (exact) mass is 277 g/mol. The van der Waals surface area contributed by atoms with Crippen LogP contribution in [0.3, 0.4) is 0 Å². The molecule has 0 radical (unpaired) electrons. The van der Waals surface area contributed by atoms with E-state index in [0.717, 1.165) is 25.1 Å². The van der Waals surface area contributed by atoms with Crippen LogP contribution in [0.15, 0.2) is 23.2 Å². The summed E-state index contributed by atoms with van der Waals surface area (Å²) >= 11 is 0. The van der Waals surface area contributed by atoms with E-state index in [-0.39, 0.29) is 5.75 Å². The number of nitrogens with zero attached hydrogens (tertiary/aromatic N) is 2. The van der Waals surface area contributed by atoms with Crippen molar-refractivity contribution in [2.24, 2.45) is 16.6 Å². The van der Waals surface area contributed by atoms with Crippen molar-refractivity contribution in [1.82, 2.24) is 4.90 Å². The molecular formula is C15H23N3O2. The number of methoxy groups -OCH3 is 1. The first-order chi connectivity index (χ1) is 9.60. The van der Waals surface area contributed by atoms with Crippen molar-refractivity contribution in [2.45, 2.75) is 26.3 Å². The molecule has 110 valence electrons. The Kier molecular flexibility index (Phi) is 4.71. The topological polar surface area (TPSA) is 71.1 Å². The molecule has 1 aliphatic heterocycles. The van der Waals surface area contributed by atoms with Gasteiger partial charge in [-0.25, -0.2) is 4.99 Å². The summed E-state index contributed by atoms with van der Waals surface area (Å²) < 4.78 is 5.15. The van der Waals surface area contributed by atoms with Gasteiger partial charge in [0.15, 0.2) is 5.96 Å². The fourth-order valence-corrected chi connectivity index (χ4v) is 2.48. The predicted octanol–water partition coefficient (Wildman–Crippen LogP) is 1.95. The van der Waals surface area contributed by atoms with E-state index in [9.17, 15) is 5.11 Å². The van der Waals surface area contributed by atoms with Crippen molar-refractivity contribution >= 4 is 5.96 Å². The highest BCUT2D eigenvalue weighted by molar-refractivity contribution is 5.78. The molecule has 0 aliphatic carbocycles.